The maximum Gasteiger partial charge on any atom is 0.251 e. The van der Waals surface area contributed by atoms with Crippen LogP contribution in [0.4, 0.5) is 17.5 Å². The van der Waals surface area contributed by atoms with E-state index in [2.05, 4.69) is 25.4 Å². The number of nitrogens with zero attached hydrogens (tertiary/aromatic N) is 5. The molecule has 1 atom stereocenters. The van der Waals surface area contributed by atoms with Crippen molar-refractivity contribution >= 4 is 23.4 Å². The van der Waals surface area contributed by atoms with Crippen LogP contribution in [0.1, 0.15) is 12.8 Å². The highest BCUT2D eigenvalue weighted by Crippen LogP contribution is 2.19. The van der Waals surface area contributed by atoms with Crippen LogP contribution < -0.4 is 10.2 Å². The van der Waals surface area contributed by atoms with Crippen molar-refractivity contribution in [1.29, 1.82) is 0 Å². The molecule has 2 aromatic heterocycles. The third kappa shape index (κ3) is 3.75. The lowest BCUT2D eigenvalue weighted by atomic mass is 10.2. The van der Waals surface area contributed by atoms with Crippen molar-refractivity contribution in [3.05, 3.63) is 36.5 Å². The molecule has 0 unspecified atom stereocenters. The molecule has 4 heterocycles. The molecule has 0 saturated carbocycles. The van der Waals surface area contributed by atoms with Crippen molar-refractivity contribution in [2.45, 2.75) is 18.9 Å². The molecule has 26 heavy (non-hydrogen) atoms. The van der Waals surface area contributed by atoms with E-state index in [0.29, 0.717) is 25.5 Å². The first kappa shape index (κ1) is 16.7. The molecule has 136 valence electrons. The fourth-order valence-electron chi connectivity index (χ4n) is 3.26. The number of carbonyl (C=O) groups is 1. The third-order valence-corrected chi connectivity index (χ3v) is 4.69. The number of hydrogen-bond donors (Lipinski definition) is 1. The number of pyridine rings is 1. The highest BCUT2D eigenvalue weighted by molar-refractivity contribution is 5.81. The van der Waals surface area contributed by atoms with Gasteiger partial charge in [0.15, 0.2) is 11.6 Å². The Hall–Kier alpha value is -2.74. The summed E-state index contributed by atoms with van der Waals surface area (Å²) in [6.45, 7) is 3.58. The first-order chi connectivity index (χ1) is 12.8. The van der Waals surface area contributed by atoms with Crippen LogP contribution in [0.5, 0.6) is 0 Å². The molecule has 1 amide bonds. The van der Waals surface area contributed by atoms with Gasteiger partial charge in [0, 0.05) is 39.0 Å². The van der Waals surface area contributed by atoms with Gasteiger partial charge in [0.25, 0.3) is 5.91 Å². The molecule has 0 bridgehead atoms. The van der Waals surface area contributed by atoms with Crippen LogP contribution in [0.25, 0.3) is 0 Å². The van der Waals surface area contributed by atoms with E-state index in [1.807, 2.05) is 35.2 Å². The standard InChI is InChI=1S/C18H22N6O2/c25-18(14-4-3-13-26-14)24-11-9-23(10-12-24)17-7-6-16(21-22-17)20-15-5-1-2-8-19-15/h1-2,5-8,14H,3-4,9-13H2,(H,19,20,21)/t14-/m0/s1. The van der Waals surface area contributed by atoms with Gasteiger partial charge >= 0.3 is 0 Å². The summed E-state index contributed by atoms with van der Waals surface area (Å²) >= 11 is 0. The SMILES string of the molecule is O=C([C@@H]1CCCO1)N1CCN(c2ccc(Nc3ccccn3)nn2)CC1. The number of anilines is 3. The Labute approximate surface area is 152 Å². The molecule has 4 rings (SSSR count). The zero-order chi connectivity index (χ0) is 17.8. The molecule has 8 nitrogen and oxygen atoms in total. The van der Waals surface area contributed by atoms with E-state index >= 15 is 0 Å². The van der Waals surface area contributed by atoms with Crippen molar-refractivity contribution < 1.29 is 9.53 Å². The largest absolute Gasteiger partial charge is 0.368 e. The molecular formula is C18H22N6O2. The van der Waals surface area contributed by atoms with Crippen LogP contribution in [-0.4, -0.2) is 64.9 Å². The molecule has 0 aromatic carbocycles. The second-order valence-electron chi connectivity index (χ2n) is 6.43. The van der Waals surface area contributed by atoms with Crippen LogP contribution in [0.15, 0.2) is 36.5 Å². The number of amides is 1. The van der Waals surface area contributed by atoms with Crippen molar-refractivity contribution in [2.75, 3.05) is 43.0 Å². The average molecular weight is 354 g/mol. The number of hydrogen-bond acceptors (Lipinski definition) is 7. The monoisotopic (exact) mass is 354 g/mol. The Morgan fingerprint density at radius 2 is 1.96 bits per heavy atom. The molecule has 0 radical (unpaired) electrons. The smallest absolute Gasteiger partial charge is 0.251 e. The number of rotatable bonds is 4. The van der Waals surface area contributed by atoms with Crippen LogP contribution in [0.3, 0.4) is 0 Å². The fourth-order valence-corrected chi connectivity index (χ4v) is 3.26. The summed E-state index contributed by atoms with van der Waals surface area (Å²) in [6.07, 6.45) is 3.31. The van der Waals surface area contributed by atoms with Crippen LogP contribution in [-0.2, 0) is 9.53 Å². The summed E-state index contributed by atoms with van der Waals surface area (Å²) in [5.41, 5.74) is 0. The van der Waals surface area contributed by atoms with Gasteiger partial charge in [-0.2, -0.15) is 0 Å². The van der Waals surface area contributed by atoms with Crippen LogP contribution >= 0.6 is 0 Å². The summed E-state index contributed by atoms with van der Waals surface area (Å²) in [5.74, 6) is 2.33. The second-order valence-corrected chi connectivity index (χ2v) is 6.43. The number of ether oxygens (including phenoxy) is 1. The molecule has 2 aliphatic rings. The van der Waals surface area contributed by atoms with Crippen LogP contribution in [0.2, 0.25) is 0 Å². The number of carbonyl (C=O) groups excluding carboxylic acids is 1. The summed E-state index contributed by atoms with van der Waals surface area (Å²) in [5, 5.41) is 11.6. The van der Waals surface area contributed by atoms with Gasteiger partial charge in [0.1, 0.15) is 11.9 Å². The van der Waals surface area contributed by atoms with Gasteiger partial charge in [-0.1, -0.05) is 6.07 Å². The van der Waals surface area contributed by atoms with E-state index in [0.717, 1.165) is 37.6 Å². The highest BCUT2D eigenvalue weighted by Gasteiger charge is 2.30. The quantitative estimate of drug-likeness (QED) is 0.889. The minimum Gasteiger partial charge on any atom is -0.368 e. The van der Waals surface area contributed by atoms with E-state index in [9.17, 15) is 4.79 Å². The molecule has 8 heteroatoms. The average Bonchev–Trinajstić information content (AvgIpc) is 3.24. The van der Waals surface area contributed by atoms with E-state index < -0.39 is 0 Å². The topological polar surface area (TPSA) is 83.5 Å². The predicted molar refractivity (Wildman–Crippen MR) is 97.3 cm³/mol. The van der Waals surface area contributed by atoms with Crippen molar-refractivity contribution in [1.82, 2.24) is 20.1 Å². The second kappa shape index (κ2) is 7.65. The molecule has 0 aliphatic carbocycles. The zero-order valence-corrected chi connectivity index (χ0v) is 14.5. The maximum absolute atomic E-state index is 12.4. The normalized spacial score (nSPS) is 20.2. The minimum absolute atomic E-state index is 0.128. The van der Waals surface area contributed by atoms with E-state index in [1.54, 1.807) is 6.20 Å². The third-order valence-electron chi connectivity index (χ3n) is 4.69. The summed E-state index contributed by atoms with van der Waals surface area (Å²) in [6, 6.07) is 9.48. The molecular weight excluding hydrogens is 332 g/mol. The molecule has 2 aliphatic heterocycles. The van der Waals surface area contributed by atoms with Crippen molar-refractivity contribution in [2.24, 2.45) is 0 Å². The van der Waals surface area contributed by atoms with Crippen molar-refractivity contribution in [3.63, 3.8) is 0 Å². The Morgan fingerprint density at radius 3 is 2.62 bits per heavy atom. The number of nitrogens with one attached hydrogen (secondary N) is 1. The summed E-state index contributed by atoms with van der Waals surface area (Å²) in [7, 11) is 0. The van der Waals surface area contributed by atoms with Gasteiger partial charge in [-0.15, -0.1) is 10.2 Å². The van der Waals surface area contributed by atoms with Gasteiger partial charge in [-0.3, -0.25) is 4.79 Å². The number of piperazine rings is 1. The first-order valence-corrected chi connectivity index (χ1v) is 8.97. The minimum atomic E-state index is -0.238. The lowest BCUT2D eigenvalue weighted by Crippen LogP contribution is -2.51. The number of aromatic nitrogens is 3. The van der Waals surface area contributed by atoms with E-state index in [1.165, 1.54) is 0 Å². The molecule has 2 aromatic rings. The van der Waals surface area contributed by atoms with Crippen molar-refractivity contribution in [3.8, 4) is 0 Å². The van der Waals surface area contributed by atoms with Gasteiger partial charge in [-0.25, -0.2) is 4.98 Å². The van der Waals surface area contributed by atoms with E-state index in [-0.39, 0.29) is 12.0 Å². The molecule has 2 fully saturated rings. The van der Waals surface area contributed by atoms with Gasteiger partial charge in [-0.05, 0) is 37.1 Å². The summed E-state index contributed by atoms with van der Waals surface area (Å²) < 4.78 is 5.50. The Kier molecular flexibility index (Phi) is 4.92. The first-order valence-electron chi connectivity index (χ1n) is 8.97. The summed E-state index contributed by atoms with van der Waals surface area (Å²) in [4.78, 5) is 20.7. The van der Waals surface area contributed by atoms with Gasteiger partial charge in [0.05, 0.1) is 0 Å². The molecule has 1 N–H and O–H groups in total. The molecule has 2 saturated heterocycles. The lowest BCUT2D eigenvalue weighted by Gasteiger charge is -2.36. The van der Waals surface area contributed by atoms with Gasteiger partial charge in [0.2, 0.25) is 0 Å². The Balaban J connectivity index is 1.32. The maximum atomic E-state index is 12.4. The Bertz CT molecular complexity index is 725. The zero-order valence-electron chi connectivity index (χ0n) is 14.5. The van der Waals surface area contributed by atoms with Crippen LogP contribution in [0, 0.1) is 0 Å². The molecule has 0 spiro atoms. The fraction of sp³-hybridized carbons (Fsp3) is 0.444. The predicted octanol–water partition coefficient (Wildman–Crippen LogP) is 1.44. The van der Waals surface area contributed by atoms with Gasteiger partial charge < -0.3 is 19.9 Å². The lowest BCUT2D eigenvalue weighted by molar-refractivity contribution is -0.141. The highest BCUT2D eigenvalue weighted by atomic mass is 16.5. The van der Waals surface area contributed by atoms with E-state index in [4.69, 9.17) is 4.74 Å². The Morgan fingerprint density at radius 1 is 1.08 bits per heavy atom.